The molecule has 1 aromatic heterocycles. The van der Waals surface area contributed by atoms with E-state index >= 15 is 0 Å². The first-order chi connectivity index (χ1) is 14.6. The van der Waals surface area contributed by atoms with Gasteiger partial charge in [0.1, 0.15) is 5.75 Å². The quantitative estimate of drug-likeness (QED) is 0.419. The average molecular weight is 419 g/mol. The number of aryl methyl sites for hydroxylation is 1. The fraction of sp³-hybridized carbons (Fsp3) is 0.160. The molecule has 2 N–H and O–H groups in total. The Bertz CT molecular complexity index is 1170. The Balaban J connectivity index is 1.53. The van der Waals surface area contributed by atoms with E-state index in [0.29, 0.717) is 17.3 Å². The SMILES string of the molecule is Cc1ccccc1OCC(=O)NCC(c1ccccc1Cl)c1c[nH]c2ccccc12. The van der Waals surface area contributed by atoms with Gasteiger partial charge in [-0.15, -0.1) is 0 Å². The Hall–Kier alpha value is -3.24. The van der Waals surface area contributed by atoms with E-state index in [2.05, 4.69) is 16.4 Å². The van der Waals surface area contributed by atoms with E-state index in [9.17, 15) is 4.79 Å². The Labute approximate surface area is 180 Å². The molecule has 4 aromatic rings. The number of hydrogen-bond donors (Lipinski definition) is 2. The van der Waals surface area contributed by atoms with Crippen LogP contribution in [0, 0.1) is 6.92 Å². The molecule has 1 heterocycles. The summed E-state index contributed by atoms with van der Waals surface area (Å²) in [6, 6.07) is 23.5. The van der Waals surface area contributed by atoms with Crippen molar-refractivity contribution in [1.82, 2.24) is 10.3 Å². The number of amides is 1. The maximum absolute atomic E-state index is 12.5. The average Bonchev–Trinajstić information content (AvgIpc) is 3.18. The molecule has 4 rings (SSSR count). The van der Waals surface area contributed by atoms with Gasteiger partial charge in [-0.1, -0.05) is 66.2 Å². The first-order valence-corrected chi connectivity index (χ1v) is 10.3. The van der Waals surface area contributed by atoms with Gasteiger partial charge in [0.25, 0.3) is 5.91 Å². The molecular weight excluding hydrogens is 396 g/mol. The second kappa shape index (κ2) is 9.06. The van der Waals surface area contributed by atoms with E-state index in [1.54, 1.807) is 0 Å². The summed E-state index contributed by atoms with van der Waals surface area (Å²) in [4.78, 5) is 15.8. The standard InChI is InChI=1S/C25H23ClN2O2/c1-17-8-2-7-13-24(17)30-16-25(29)28-15-20(18-9-3-5-11-22(18)26)21-14-27-23-12-6-4-10-19(21)23/h2-14,20,27H,15-16H2,1H3,(H,28,29). The fourth-order valence-corrected chi connectivity index (χ4v) is 3.92. The van der Waals surface area contributed by atoms with Gasteiger partial charge in [0.15, 0.2) is 6.61 Å². The lowest BCUT2D eigenvalue weighted by Gasteiger charge is -2.19. The monoisotopic (exact) mass is 418 g/mol. The Morgan fingerprint density at radius 1 is 1.00 bits per heavy atom. The minimum Gasteiger partial charge on any atom is -0.484 e. The molecule has 0 bridgehead atoms. The van der Waals surface area contributed by atoms with Crippen molar-refractivity contribution in [1.29, 1.82) is 0 Å². The highest BCUT2D eigenvalue weighted by atomic mass is 35.5. The largest absolute Gasteiger partial charge is 0.484 e. The number of hydrogen-bond acceptors (Lipinski definition) is 2. The number of H-pyrrole nitrogens is 1. The van der Waals surface area contributed by atoms with Crippen LogP contribution in [0.2, 0.25) is 5.02 Å². The van der Waals surface area contributed by atoms with Crippen molar-refractivity contribution in [2.75, 3.05) is 13.2 Å². The molecule has 1 unspecified atom stereocenters. The smallest absolute Gasteiger partial charge is 0.257 e. The number of halogens is 1. The van der Waals surface area contributed by atoms with Crippen molar-refractivity contribution >= 4 is 28.4 Å². The van der Waals surface area contributed by atoms with Crippen LogP contribution in [0.15, 0.2) is 79.0 Å². The summed E-state index contributed by atoms with van der Waals surface area (Å²) in [5, 5.41) is 4.81. The van der Waals surface area contributed by atoms with Crippen LogP contribution in [0.1, 0.15) is 22.6 Å². The van der Waals surface area contributed by atoms with Gasteiger partial charge >= 0.3 is 0 Å². The summed E-state index contributed by atoms with van der Waals surface area (Å²) in [6.45, 7) is 2.34. The van der Waals surface area contributed by atoms with Crippen LogP contribution in [0.25, 0.3) is 10.9 Å². The molecule has 5 heteroatoms. The van der Waals surface area contributed by atoms with Gasteiger partial charge in [-0.2, -0.15) is 0 Å². The summed E-state index contributed by atoms with van der Waals surface area (Å²) in [5.74, 6) is 0.458. The van der Waals surface area contributed by atoms with Gasteiger partial charge in [0.05, 0.1) is 0 Å². The highest BCUT2D eigenvalue weighted by molar-refractivity contribution is 6.31. The van der Waals surface area contributed by atoms with E-state index in [4.69, 9.17) is 16.3 Å². The van der Waals surface area contributed by atoms with E-state index in [1.807, 2.05) is 79.9 Å². The van der Waals surface area contributed by atoms with Crippen molar-refractivity contribution in [3.05, 3.63) is 101 Å². The maximum atomic E-state index is 12.5. The molecule has 0 saturated carbocycles. The molecule has 152 valence electrons. The van der Waals surface area contributed by atoms with Gasteiger partial charge in [-0.3, -0.25) is 4.79 Å². The van der Waals surface area contributed by atoms with Gasteiger partial charge in [0, 0.05) is 34.6 Å². The van der Waals surface area contributed by atoms with Gasteiger partial charge in [-0.25, -0.2) is 0 Å². The highest BCUT2D eigenvalue weighted by Gasteiger charge is 2.21. The third-order valence-corrected chi connectivity index (χ3v) is 5.58. The lowest BCUT2D eigenvalue weighted by Crippen LogP contribution is -2.33. The highest BCUT2D eigenvalue weighted by Crippen LogP contribution is 2.34. The van der Waals surface area contributed by atoms with Crippen LogP contribution < -0.4 is 10.1 Å². The first-order valence-electron chi connectivity index (χ1n) is 9.89. The first kappa shape index (κ1) is 20.0. The normalized spacial score (nSPS) is 11.9. The minimum atomic E-state index is -0.171. The molecule has 0 aliphatic carbocycles. The molecule has 0 fully saturated rings. The zero-order valence-electron chi connectivity index (χ0n) is 16.7. The molecule has 1 atom stereocenters. The Kier molecular flexibility index (Phi) is 6.05. The van der Waals surface area contributed by atoms with Crippen LogP contribution in [-0.4, -0.2) is 24.0 Å². The van der Waals surface area contributed by atoms with Crippen LogP contribution in [-0.2, 0) is 4.79 Å². The molecule has 30 heavy (non-hydrogen) atoms. The third kappa shape index (κ3) is 4.34. The number of carbonyl (C=O) groups is 1. The van der Waals surface area contributed by atoms with E-state index in [1.165, 1.54) is 0 Å². The number of rotatable bonds is 7. The Morgan fingerprint density at radius 3 is 2.57 bits per heavy atom. The molecule has 0 spiro atoms. The van der Waals surface area contributed by atoms with Crippen molar-refractivity contribution in [3.63, 3.8) is 0 Å². The summed E-state index contributed by atoms with van der Waals surface area (Å²) in [6.07, 6.45) is 1.99. The summed E-state index contributed by atoms with van der Waals surface area (Å²) in [5.41, 5.74) is 4.12. The molecule has 0 aliphatic heterocycles. The molecule has 4 nitrogen and oxygen atoms in total. The lowest BCUT2D eigenvalue weighted by atomic mass is 9.91. The molecule has 0 aliphatic rings. The molecular formula is C25H23ClN2O2. The third-order valence-electron chi connectivity index (χ3n) is 5.23. The summed E-state index contributed by atoms with van der Waals surface area (Å²) in [7, 11) is 0. The number of nitrogens with one attached hydrogen (secondary N) is 2. The van der Waals surface area contributed by atoms with Crippen molar-refractivity contribution in [2.45, 2.75) is 12.8 Å². The fourth-order valence-electron chi connectivity index (χ4n) is 3.66. The number of fused-ring (bicyclic) bond motifs is 1. The van der Waals surface area contributed by atoms with Crippen molar-refractivity contribution in [3.8, 4) is 5.75 Å². The second-order valence-electron chi connectivity index (χ2n) is 7.22. The number of aromatic amines is 1. The topological polar surface area (TPSA) is 54.1 Å². The summed E-state index contributed by atoms with van der Waals surface area (Å²) < 4.78 is 5.68. The van der Waals surface area contributed by atoms with Gasteiger partial charge in [-0.05, 0) is 41.8 Å². The van der Waals surface area contributed by atoms with E-state index < -0.39 is 0 Å². The number of para-hydroxylation sites is 2. The van der Waals surface area contributed by atoms with Gasteiger partial charge < -0.3 is 15.0 Å². The maximum Gasteiger partial charge on any atom is 0.257 e. The van der Waals surface area contributed by atoms with Crippen LogP contribution in [0.4, 0.5) is 0 Å². The van der Waals surface area contributed by atoms with Crippen LogP contribution >= 0.6 is 11.6 Å². The lowest BCUT2D eigenvalue weighted by molar-refractivity contribution is -0.123. The molecule has 3 aromatic carbocycles. The summed E-state index contributed by atoms with van der Waals surface area (Å²) >= 11 is 6.51. The van der Waals surface area contributed by atoms with Crippen LogP contribution in [0.5, 0.6) is 5.75 Å². The van der Waals surface area contributed by atoms with Gasteiger partial charge in [0.2, 0.25) is 0 Å². The van der Waals surface area contributed by atoms with Crippen molar-refractivity contribution < 1.29 is 9.53 Å². The predicted octanol–water partition coefficient (Wildman–Crippen LogP) is 5.46. The Morgan fingerprint density at radius 2 is 1.73 bits per heavy atom. The van der Waals surface area contributed by atoms with Crippen molar-refractivity contribution in [2.24, 2.45) is 0 Å². The van der Waals surface area contributed by atoms with E-state index in [0.717, 1.165) is 27.6 Å². The number of benzene rings is 3. The number of aromatic nitrogens is 1. The zero-order valence-corrected chi connectivity index (χ0v) is 17.4. The predicted molar refractivity (Wildman–Crippen MR) is 121 cm³/mol. The minimum absolute atomic E-state index is 0.0338. The number of ether oxygens (including phenoxy) is 1. The zero-order chi connectivity index (χ0) is 20.9. The molecule has 0 saturated heterocycles. The second-order valence-corrected chi connectivity index (χ2v) is 7.63. The molecule has 1 amide bonds. The number of carbonyl (C=O) groups excluding carboxylic acids is 1. The van der Waals surface area contributed by atoms with Crippen LogP contribution in [0.3, 0.4) is 0 Å². The molecule has 0 radical (unpaired) electrons. The van der Waals surface area contributed by atoms with E-state index in [-0.39, 0.29) is 18.4 Å².